The smallest absolute Gasteiger partial charge is 0.134 e. The molecule has 1 heterocycles. The highest BCUT2D eigenvalue weighted by atomic mass is 16.3. The normalized spacial score (nSPS) is 13.4. The van der Waals surface area contributed by atoms with Crippen molar-refractivity contribution in [2.75, 3.05) is 6.54 Å². The highest BCUT2D eigenvalue weighted by Gasteiger charge is 2.15. The van der Waals surface area contributed by atoms with Crippen LogP contribution in [0.1, 0.15) is 58.4 Å². The van der Waals surface area contributed by atoms with E-state index in [9.17, 15) is 0 Å². The molecule has 2 rings (SSSR count). The minimum absolute atomic E-state index is 0.186. The third-order valence-corrected chi connectivity index (χ3v) is 3.86. The van der Waals surface area contributed by atoms with E-state index in [1.165, 1.54) is 5.56 Å². The summed E-state index contributed by atoms with van der Waals surface area (Å²) < 4.78 is 6.04. The van der Waals surface area contributed by atoms with Gasteiger partial charge in [0.25, 0.3) is 0 Å². The molecule has 21 heavy (non-hydrogen) atoms. The topological polar surface area (TPSA) is 25.2 Å². The van der Waals surface area contributed by atoms with Crippen molar-refractivity contribution in [2.45, 2.75) is 52.5 Å². The standard InChI is InChI=1S/C19H27NO/c1-6-16(20-7-2)18-13-12-17(21-18)14-8-10-15(11-9-14)19(3,4)5/h8-13,16,20H,6-7H2,1-5H3. The van der Waals surface area contributed by atoms with E-state index in [1.54, 1.807) is 0 Å². The van der Waals surface area contributed by atoms with E-state index in [0.717, 1.165) is 30.0 Å². The van der Waals surface area contributed by atoms with Gasteiger partial charge in [0.1, 0.15) is 11.5 Å². The van der Waals surface area contributed by atoms with Crippen LogP contribution in [0.2, 0.25) is 0 Å². The maximum Gasteiger partial charge on any atom is 0.134 e. The molecule has 1 aromatic carbocycles. The molecule has 2 aromatic rings. The first-order chi connectivity index (χ1) is 9.95. The first-order valence-corrected chi connectivity index (χ1v) is 7.89. The predicted octanol–water partition coefficient (Wildman–Crippen LogP) is 5.30. The van der Waals surface area contributed by atoms with Gasteiger partial charge in [-0.15, -0.1) is 0 Å². The van der Waals surface area contributed by atoms with Crippen LogP contribution in [0.25, 0.3) is 11.3 Å². The van der Waals surface area contributed by atoms with E-state index in [2.05, 4.69) is 76.3 Å². The van der Waals surface area contributed by atoms with E-state index in [4.69, 9.17) is 4.42 Å². The third kappa shape index (κ3) is 3.76. The SMILES string of the molecule is CCNC(CC)c1ccc(-c2ccc(C(C)(C)C)cc2)o1. The van der Waals surface area contributed by atoms with Crippen LogP contribution in [0.3, 0.4) is 0 Å². The van der Waals surface area contributed by atoms with Gasteiger partial charge in [-0.3, -0.25) is 0 Å². The lowest BCUT2D eigenvalue weighted by atomic mass is 9.86. The Morgan fingerprint density at radius 3 is 2.19 bits per heavy atom. The minimum Gasteiger partial charge on any atom is -0.459 e. The number of rotatable bonds is 5. The molecule has 1 atom stereocenters. The van der Waals surface area contributed by atoms with Crippen LogP contribution in [0.5, 0.6) is 0 Å². The fraction of sp³-hybridized carbons (Fsp3) is 0.474. The molecule has 1 unspecified atom stereocenters. The molecule has 1 aromatic heterocycles. The van der Waals surface area contributed by atoms with Gasteiger partial charge < -0.3 is 9.73 Å². The maximum absolute atomic E-state index is 6.04. The summed E-state index contributed by atoms with van der Waals surface area (Å²) in [4.78, 5) is 0. The van der Waals surface area contributed by atoms with Crippen molar-refractivity contribution in [1.29, 1.82) is 0 Å². The molecule has 0 aliphatic carbocycles. The maximum atomic E-state index is 6.04. The number of benzene rings is 1. The van der Waals surface area contributed by atoms with E-state index in [1.807, 2.05) is 0 Å². The second kappa shape index (κ2) is 6.48. The highest BCUT2D eigenvalue weighted by molar-refractivity contribution is 5.58. The monoisotopic (exact) mass is 285 g/mol. The number of nitrogens with one attached hydrogen (secondary N) is 1. The lowest BCUT2D eigenvalue weighted by molar-refractivity contribution is 0.417. The van der Waals surface area contributed by atoms with Gasteiger partial charge in [-0.1, -0.05) is 58.9 Å². The van der Waals surface area contributed by atoms with Crippen LogP contribution in [0.4, 0.5) is 0 Å². The summed E-state index contributed by atoms with van der Waals surface area (Å²) >= 11 is 0. The zero-order valence-electron chi connectivity index (χ0n) is 13.9. The summed E-state index contributed by atoms with van der Waals surface area (Å²) in [5.74, 6) is 1.97. The van der Waals surface area contributed by atoms with E-state index in [0.29, 0.717) is 6.04 Å². The number of hydrogen-bond acceptors (Lipinski definition) is 2. The zero-order valence-corrected chi connectivity index (χ0v) is 13.9. The second-order valence-corrected chi connectivity index (χ2v) is 6.55. The predicted molar refractivity (Wildman–Crippen MR) is 89.6 cm³/mol. The summed E-state index contributed by atoms with van der Waals surface area (Å²) in [7, 11) is 0. The summed E-state index contributed by atoms with van der Waals surface area (Å²) in [6, 6.07) is 13.1. The second-order valence-electron chi connectivity index (χ2n) is 6.55. The summed E-state index contributed by atoms with van der Waals surface area (Å²) in [5, 5.41) is 3.45. The minimum atomic E-state index is 0.186. The Morgan fingerprint density at radius 2 is 1.67 bits per heavy atom. The average Bonchev–Trinajstić information content (AvgIpc) is 2.93. The quantitative estimate of drug-likeness (QED) is 0.806. The molecule has 0 radical (unpaired) electrons. The first kappa shape index (κ1) is 15.8. The van der Waals surface area contributed by atoms with Gasteiger partial charge in [-0.2, -0.15) is 0 Å². The summed E-state index contributed by atoms with van der Waals surface area (Å²) in [6.45, 7) is 11.9. The molecule has 0 aliphatic heterocycles. The van der Waals surface area contributed by atoms with Crippen LogP contribution in [-0.4, -0.2) is 6.54 Å². The molecule has 0 aliphatic rings. The van der Waals surface area contributed by atoms with Crippen LogP contribution in [-0.2, 0) is 5.41 Å². The fourth-order valence-corrected chi connectivity index (χ4v) is 2.52. The van der Waals surface area contributed by atoms with Gasteiger partial charge in [0.05, 0.1) is 6.04 Å². The molecular weight excluding hydrogens is 258 g/mol. The Morgan fingerprint density at radius 1 is 1.00 bits per heavy atom. The third-order valence-electron chi connectivity index (χ3n) is 3.86. The van der Waals surface area contributed by atoms with Gasteiger partial charge in [0.15, 0.2) is 0 Å². The Bertz CT molecular complexity index is 560. The van der Waals surface area contributed by atoms with Crippen molar-refractivity contribution >= 4 is 0 Å². The Labute approximate surface area is 128 Å². The van der Waals surface area contributed by atoms with Gasteiger partial charge in [0.2, 0.25) is 0 Å². The number of furan rings is 1. The molecule has 0 fully saturated rings. The van der Waals surface area contributed by atoms with Crippen LogP contribution in [0, 0.1) is 0 Å². The van der Waals surface area contributed by atoms with Gasteiger partial charge >= 0.3 is 0 Å². The Balaban J connectivity index is 2.21. The molecule has 114 valence electrons. The Kier molecular flexibility index (Phi) is 4.89. The molecule has 0 spiro atoms. The van der Waals surface area contributed by atoms with E-state index in [-0.39, 0.29) is 5.41 Å². The van der Waals surface area contributed by atoms with Crippen molar-refractivity contribution in [3.63, 3.8) is 0 Å². The van der Waals surface area contributed by atoms with Gasteiger partial charge in [-0.25, -0.2) is 0 Å². The molecule has 1 N–H and O–H groups in total. The molecule has 0 saturated carbocycles. The van der Waals surface area contributed by atoms with Gasteiger partial charge in [-0.05, 0) is 36.1 Å². The van der Waals surface area contributed by atoms with Crippen LogP contribution >= 0.6 is 0 Å². The largest absolute Gasteiger partial charge is 0.459 e. The van der Waals surface area contributed by atoms with Crippen LogP contribution < -0.4 is 5.32 Å². The molecular formula is C19H27NO. The van der Waals surface area contributed by atoms with Crippen molar-refractivity contribution in [1.82, 2.24) is 5.32 Å². The average molecular weight is 285 g/mol. The lowest BCUT2D eigenvalue weighted by Crippen LogP contribution is -2.19. The zero-order chi connectivity index (χ0) is 15.5. The first-order valence-electron chi connectivity index (χ1n) is 7.89. The lowest BCUT2D eigenvalue weighted by Gasteiger charge is -2.18. The summed E-state index contributed by atoms with van der Waals surface area (Å²) in [6.07, 6.45) is 1.03. The highest BCUT2D eigenvalue weighted by Crippen LogP contribution is 2.29. The van der Waals surface area contributed by atoms with Crippen LogP contribution in [0.15, 0.2) is 40.8 Å². The van der Waals surface area contributed by atoms with Crippen molar-refractivity contribution in [3.05, 3.63) is 47.7 Å². The fourth-order valence-electron chi connectivity index (χ4n) is 2.52. The molecule has 0 bridgehead atoms. The van der Waals surface area contributed by atoms with Gasteiger partial charge in [0, 0.05) is 5.56 Å². The number of hydrogen-bond donors (Lipinski definition) is 1. The Hall–Kier alpha value is -1.54. The van der Waals surface area contributed by atoms with Crippen molar-refractivity contribution < 1.29 is 4.42 Å². The molecule has 0 saturated heterocycles. The molecule has 2 nitrogen and oxygen atoms in total. The van der Waals surface area contributed by atoms with Crippen molar-refractivity contribution in [3.8, 4) is 11.3 Å². The summed E-state index contributed by atoms with van der Waals surface area (Å²) in [5.41, 5.74) is 2.67. The van der Waals surface area contributed by atoms with E-state index < -0.39 is 0 Å². The van der Waals surface area contributed by atoms with Crippen molar-refractivity contribution in [2.24, 2.45) is 0 Å². The van der Waals surface area contributed by atoms with E-state index >= 15 is 0 Å². The molecule has 2 heteroatoms. The molecule has 0 amide bonds.